The van der Waals surface area contributed by atoms with Crippen LogP contribution in [0.5, 0.6) is 0 Å². The second kappa shape index (κ2) is 12.3. The van der Waals surface area contributed by atoms with Crippen molar-refractivity contribution in [2.45, 2.75) is 6.42 Å². The van der Waals surface area contributed by atoms with E-state index in [0.717, 1.165) is 10.9 Å². The fourth-order valence-electron chi connectivity index (χ4n) is 0.412. The van der Waals surface area contributed by atoms with E-state index in [9.17, 15) is 0 Å². The Morgan fingerprint density at radius 1 is 1.40 bits per heavy atom. The van der Waals surface area contributed by atoms with E-state index < -0.39 is 0 Å². The Labute approximate surface area is 90.1 Å². The Hall–Kier alpha value is 0.616. The first kappa shape index (κ1) is 16.9. The summed E-state index contributed by atoms with van der Waals surface area (Å²) in [6, 6.07) is 0. The van der Waals surface area contributed by atoms with E-state index in [2.05, 4.69) is 28.6 Å². The van der Waals surface area contributed by atoms with Crippen molar-refractivity contribution in [1.82, 2.24) is 0 Å². The second-order valence-electron chi connectivity index (χ2n) is 1.22. The Balaban J connectivity index is -0.000000114. The van der Waals surface area contributed by atoms with Crippen molar-refractivity contribution in [3.63, 3.8) is 0 Å². The average molecular weight is 312 g/mol. The van der Waals surface area contributed by atoms with E-state index in [0.29, 0.717) is 0 Å². The number of halogens is 2. The molecule has 1 rings (SSSR count). The van der Waals surface area contributed by atoms with Crippen molar-refractivity contribution in [2.75, 3.05) is 0 Å². The van der Waals surface area contributed by atoms with Crippen LogP contribution in [0.2, 0.25) is 0 Å². The molecular weight excluding hydrogens is 307 g/mol. The van der Waals surface area contributed by atoms with Crippen LogP contribution in [0.25, 0.3) is 0 Å². The monoisotopic (exact) mass is 310 g/mol. The Morgan fingerprint density at radius 2 is 1.90 bits per heavy atom. The third-order valence-corrected chi connectivity index (χ3v) is 1.10. The summed E-state index contributed by atoms with van der Waals surface area (Å²) in [7, 11) is 0. The van der Waals surface area contributed by atoms with Crippen molar-refractivity contribution < 1.29 is 54.5 Å². The molecule has 0 aromatic heterocycles. The predicted molar refractivity (Wildman–Crippen MR) is 27.5 cm³/mol. The molecule has 0 bridgehead atoms. The van der Waals surface area contributed by atoms with Gasteiger partial charge in [0.25, 0.3) is 6.79 Å². The van der Waals surface area contributed by atoms with E-state index in [-0.39, 0.29) is 34.0 Å². The summed E-state index contributed by atoms with van der Waals surface area (Å²) in [4.78, 5) is 7.50. The van der Waals surface area contributed by atoms with Crippen LogP contribution in [0.3, 0.4) is 0 Å². The minimum atomic E-state index is 0. The van der Waals surface area contributed by atoms with Gasteiger partial charge in [-0.15, -0.1) is 0 Å². The van der Waals surface area contributed by atoms with Gasteiger partial charge in [-0.05, 0) is 0 Å². The molecule has 0 atom stereocenters. The molecule has 1 nitrogen and oxygen atoms in total. The molecule has 2 radical (unpaired) electrons. The van der Waals surface area contributed by atoms with Crippen LogP contribution in [-0.4, -0.2) is 6.79 Å². The van der Waals surface area contributed by atoms with Gasteiger partial charge in [0.15, 0.2) is 0 Å². The van der Waals surface area contributed by atoms with Crippen LogP contribution >= 0.6 is 0 Å². The molecule has 0 aliphatic heterocycles. The van der Waals surface area contributed by atoms with Crippen LogP contribution in [0.15, 0.2) is 22.7 Å². The summed E-state index contributed by atoms with van der Waals surface area (Å²) in [5.41, 5.74) is 0. The van der Waals surface area contributed by atoms with Gasteiger partial charge in [-0.1, -0.05) is 0 Å². The van der Waals surface area contributed by atoms with E-state index in [4.69, 9.17) is 4.79 Å². The summed E-state index contributed by atoms with van der Waals surface area (Å²) < 4.78 is 1.16. The van der Waals surface area contributed by atoms with Crippen LogP contribution in [-0.2, 0) is 20.5 Å². The van der Waals surface area contributed by atoms with E-state index in [1.807, 2.05) is 12.2 Å². The van der Waals surface area contributed by atoms with Gasteiger partial charge in [0.2, 0.25) is 0 Å². The molecule has 10 heavy (non-hydrogen) atoms. The molecule has 0 fully saturated rings. The Bertz CT molecular complexity index is 123. The van der Waals surface area contributed by atoms with Crippen LogP contribution < -0.4 is 34.0 Å². The molecule has 0 saturated carbocycles. The second-order valence-corrected chi connectivity index (χ2v) is 1.89. The van der Waals surface area contributed by atoms with Crippen molar-refractivity contribution in [3.05, 3.63) is 22.7 Å². The average Bonchev–Trinajstić information content (AvgIpc) is 2.24. The molecular formula is C6H5Br2CoO. The maximum atomic E-state index is 7.50. The van der Waals surface area contributed by atoms with Crippen LogP contribution in [0.4, 0.5) is 0 Å². The SMILES string of the molecule is [Br-].[Br-].[C]=O.[Co+2][C]1=CC=CC1. The van der Waals surface area contributed by atoms with Crippen molar-refractivity contribution in [2.24, 2.45) is 0 Å². The third kappa shape index (κ3) is 8.62. The zero-order valence-electron chi connectivity index (χ0n) is 4.94. The van der Waals surface area contributed by atoms with E-state index >= 15 is 0 Å². The fourth-order valence-corrected chi connectivity index (χ4v) is 0.634. The summed E-state index contributed by atoms with van der Waals surface area (Å²) in [5.74, 6) is 0. The summed E-state index contributed by atoms with van der Waals surface area (Å²) in [6.07, 6.45) is 7.13. The Kier molecular flexibility index (Phi) is 20.8. The van der Waals surface area contributed by atoms with Gasteiger partial charge in [0.1, 0.15) is 0 Å². The quantitative estimate of drug-likeness (QED) is 0.438. The molecule has 1 aliphatic rings. The normalized spacial score (nSPS) is 11.5. The molecule has 0 aromatic rings. The van der Waals surface area contributed by atoms with Crippen molar-refractivity contribution in [3.8, 4) is 0 Å². The van der Waals surface area contributed by atoms with Gasteiger partial charge in [-0.3, -0.25) is 4.79 Å². The molecule has 0 amide bonds. The van der Waals surface area contributed by atoms with Gasteiger partial charge < -0.3 is 34.0 Å². The topological polar surface area (TPSA) is 17.1 Å². The molecule has 4 heteroatoms. The summed E-state index contributed by atoms with van der Waals surface area (Å²) in [6.45, 7) is 4.50. The molecule has 0 aromatic carbocycles. The number of carbonyl (C=O) groups excluding carboxylic acids is 1. The molecule has 58 valence electrons. The van der Waals surface area contributed by atoms with Gasteiger partial charge >= 0.3 is 44.9 Å². The van der Waals surface area contributed by atoms with Crippen LogP contribution in [0.1, 0.15) is 6.42 Å². The van der Waals surface area contributed by atoms with Crippen molar-refractivity contribution in [1.29, 1.82) is 0 Å². The first-order valence-electron chi connectivity index (χ1n) is 2.09. The summed E-state index contributed by atoms with van der Waals surface area (Å²) in [5, 5.41) is 0. The molecule has 0 heterocycles. The first-order valence-corrected chi connectivity index (χ1v) is 2.61. The van der Waals surface area contributed by atoms with E-state index in [1.165, 1.54) is 0 Å². The zero-order valence-corrected chi connectivity index (χ0v) is 9.15. The van der Waals surface area contributed by atoms with Gasteiger partial charge in [0, 0.05) is 0 Å². The molecule has 0 saturated heterocycles. The standard InChI is InChI=1S/C5H5.CO.2BrH.Co/c1-2-4-5-3-1;1-2;;;/h1-3H,4H2;;2*1H;/q;;;;+2/p-2. The number of allylic oxidation sites excluding steroid dienone is 4. The number of rotatable bonds is 0. The molecule has 0 N–H and O–H groups in total. The van der Waals surface area contributed by atoms with Gasteiger partial charge in [-0.2, -0.15) is 0 Å². The Morgan fingerprint density at radius 3 is 2.00 bits per heavy atom. The molecule has 1 aliphatic carbocycles. The zero-order chi connectivity index (χ0) is 6.41. The maximum absolute atomic E-state index is 7.50. The number of hydrogen-bond acceptors (Lipinski definition) is 1. The fraction of sp³-hybridized carbons (Fsp3) is 0.167. The minimum absolute atomic E-state index is 0. The van der Waals surface area contributed by atoms with Crippen molar-refractivity contribution >= 4 is 6.79 Å². The van der Waals surface area contributed by atoms with Gasteiger partial charge in [-0.25, -0.2) is 0 Å². The third-order valence-electron chi connectivity index (χ3n) is 0.709. The predicted octanol–water partition coefficient (Wildman–Crippen LogP) is -5.01. The molecule has 0 unspecified atom stereocenters. The first-order chi connectivity index (χ1) is 3.89. The molecule has 0 spiro atoms. The van der Waals surface area contributed by atoms with Gasteiger partial charge in [0.05, 0.1) is 0 Å². The summed E-state index contributed by atoms with van der Waals surface area (Å²) >= 11 is 4.14. The van der Waals surface area contributed by atoms with Crippen LogP contribution in [0, 0.1) is 0 Å². The van der Waals surface area contributed by atoms with E-state index in [1.54, 1.807) is 0 Å². The number of hydrogen-bond donors (Lipinski definition) is 0.